The van der Waals surface area contributed by atoms with E-state index in [4.69, 9.17) is 9.47 Å². The third-order valence-electron chi connectivity index (χ3n) is 11.4. The second kappa shape index (κ2) is 25.0. The number of hydrogen-bond acceptors (Lipinski definition) is 6. The Labute approximate surface area is 329 Å². The van der Waals surface area contributed by atoms with Crippen LogP contribution in [0.4, 0.5) is 11.4 Å². The smallest absolute Gasteiger partial charge is 0.344 e. The van der Waals surface area contributed by atoms with E-state index in [9.17, 15) is 9.59 Å². The van der Waals surface area contributed by atoms with E-state index >= 15 is 0 Å². The summed E-state index contributed by atoms with van der Waals surface area (Å²) in [5.74, 6) is 0.309. The van der Waals surface area contributed by atoms with E-state index in [2.05, 4.69) is 55.7 Å². The molecule has 0 N–H and O–H groups in total. The number of carbonyl (C=O) groups excluding carboxylic acids is 2. The number of nitrogens with zero attached hydrogens (tertiary/aromatic N) is 2. The van der Waals surface area contributed by atoms with Gasteiger partial charge in [-0.3, -0.25) is 4.79 Å². The van der Waals surface area contributed by atoms with Crippen molar-refractivity contribution in [2.75, 3.05) is 36.0 Å². The van der Waals surface area contributed by atoms with Crippen molar-refractivity contribution < 1.29 is 19.1 Å². The Morgan fingerprint density at radius 3 is 1.24 bits per heavy atom. The number of carbonyl (C=O) groups is 2. The Morgan fingerprint density at radius 2 is 0.796 bits per heavy atom. The number of allylic oxidation sites excluding steroid dienone is 1. The lowest BCUT2D eigenvalue weighted by Gasteiger charge is -2.25. The lowest BCUT2D eigenvalue weighted by Crippen LogP contribution is -2.26. The number of rotatable bonds is 30. The molecule has 0 fully saturated rings. The number of esters is 1. The van der Waals surface area contributed by atoms with Crippen LogP contribution in [0.15, 0.2) is 42.2 Å². The zero-order chi connectivity index (χ0) is 38.4. The standard InChI is InChI=1S/C48H74N2O4/c1-5-9-13-17-21-25-33-49(34-26-22-18-14-10-6-2)39-29-31-41-43(37-39)46(54-48(41)52)47-45(51)42-32-30-40(38-44(42)53-47)50(35-27-23-19-15-11-7-3)36-28-24-20-16-12-8-4/h29-32,37-38H,5-28,33-36H2,1-4H3. The zero-order valence-electron chi connectivity index (χ0n) is 34.8. The van der Waals surface area contributed by atoms with Crippen LogP contribution in [0.3, 0.4) is 0 Å². The van der Waals surface area contributed by atoms with Gasteiger partial charge in [0.2, 0.25) is 11.5 Å². The van der Waals surface area contributed by atoms with Crippen molar-refractivity contribution in [2.24, 2.45) is 0 Å². The summed E-state index contributed by atoms with van der Waals surface area (Å²) in [6.45, 7) is 13.0. The van der Waals surface area contributed by atoms with E-state index in [1.807, 2.05) is 18.2 Å². The van der Waals surface area contributed by atoms with Crippen LogP contribution in [0.5, 0.6) is 5.75 Å². The quantitative estimate of drug-likeness (QED) is 0.0451. The van der Waals surface area contributed by atoms with Crippen molar-refractivity contribution >= 4 is 28.9 Å². The van der Waals surface area contributed by atoms with Crippen LogP contribution >= 0.6 is 0 Å². The van der Waals surface area contributed by atoms with E-state index in [1.54, 1.807) is 0 Å². The first kappa shape index (κ1) is 43.4. The number of unbranched alkanes of at least 4 members (excludes halogenated alkanes) is 20. The van der Waals surface area contributed by atoms with Crippen LogP contribution in [0.25, 0.3) is 5.76 Å². The molecule has 6 nitrogen and oxygen atoms in total. The number of ketones is 1. The first-order valence-electron chi connectivity index (χ1n) is 22.5. The highest BCUT2D eigenvalue weighted by Crippen LogP contribution is 2.42. The number of cyclic esters (lactones) is 1. The molecule has 2 heterocycles. The van der Waals surface area contributed by atoms with Crippen molar-refractivity contribution in [3.63, 3.8) is 0 Å². The van der Waals surface area contributed by atoms with Gasteiger partial charge in [0, 0.05) is 49.2 Å². The summed E-state index contributed by atoms with van der Waals surface area (Å²) < 4.78 is 12.2. The Balaban J connectivity index is 1.51. The Morgan fingerprint density at radius 1 is 0.407 bits per heavy atom. The van der Waals surface area contributed by atoms with E-state index in [0.29, 0.717) is 22.4 Å². The fourth-order valence-corrected chi connectivity index (χ4v) is 7.95. The van der Waals surface area contributed by atoms with Crippen molar-refractivity contribution in [1.82, 2.24) is 0 Å². The van der Waals surface area contributed by atoms with E-state index in [1.165, 1.54) is 128 Å². The van der Waals surface area contributed by atoms with E-state index in [0.717, 1.165) is 63.2 Å². The molecule has 54 heavy (non-hydrogen) atoms. The van der Waals surface area contributed by atoms with Gasteiger partial charge in [0.1, 0.15) is 5.75 Å². The van der Waals surface area contributed by atoms with Crippen LogP contribution in [-0.2, 0) is 4.74 Å². The van der Waals surface area contributed by atoms with Crippen LogP contribution in [-0.4, -0.2) is 37.9 Å². The summed E-state index contributed by atoms with van der Waals surface area (Å²) in [6, 6.07) is 12.0. The van der Waals surface area contributed by atoms with Gasteiger partial charge >= 0.3 is 5.97 Å². The normalized spacial score (nSPS) is 14.7. The molecule has 2 aromatic carbocycles. The molecule has 300 valence electrons. The van der Waals surface area contributed by atoms with Gasteiger partial charge in [-0.15, -0.1) is 0 Å². The predicted octanol–water partition coefficient (Wildman–Crippen LogP) is 13.9. The molecule has 0 atom stereocenters. The van der Waals surface area contributed by atoms with Crippen molar-refractivity contribution in [2.45, 2.75) is 182 Å². The highest BCUT2D eigenvalue weighted by molar-refractivity contribution is 6.18. The summed E-state index contributed by atoms with van der Waals surface area (Å²) in [6.07, 6.45) is 30.2. The molecule has 4 rings (SSSR count). The first-order chi connectivity index (χ1) is 26.5. The number of benzene rings is 2. The van der Waals surface area contributed by atoms with Crippen molar-refractivity contribution in [1.29, 1.82) is 0 Å². The average Bonchev–Trinajstić information content (AvgIpc) is 3.69. The molecule has 0 radical (unpaired) electrons. The number of anilines is 2. The first-order valence-corrected chi connectivity index (χ1v) is 22.5. The molecular weight excluding hydrogens is 669 g/mol. The molecule has 0 aromatic heterocycles. The minimum Gasteiger partial charge on any atom is -0.448 e. The van der Waals surface area contributed by atoms with Crippen LogP contribution in [0.1, 0.15) is 208 Å². The summed E-state index contributed by atoms with van der Waals surface area (Å²) in [5.41, 5.74) is 3.88. The topological polar surface area (TPSA) is 59.1 Å². The van der Waals surface area contributed by atoms with E-state index < -0.39 is 5.97 Å². The number of Topliss-reactive ketones (excluding diaryl/α,β-unsaturated/α-hetero) is 1. The monoisotopic (exact) mass is 743 g/mol. The predicted molar refractivity (Wildman–Crippen MR) is 228 cm³/mol. The maximum Gasteiger partial charge on any atom is 0.344 e. The summed E-state index contributed by atoms with van der Waals surface area (Å²) in [5, 5.41) is 0. The molecule has 0 spiro atoms. The van der Waals surface area contributed by atoms with Gasteiger partial charge < -0.3 is 19.3 Å². The van der Waals surface area contributed by atoms with Gasteiger partial charge in [-0.2, -0.15) is 0 Å². The lowest BCUT2D eigenvalue weighted by atomic mass is 10.0. The van der Waals surface area contributed by atoms with Crippen LogP contribution < -0.4 is 14.5 Å². The van der Waals surface area contributed by atoms with Gasteiger partial charge in [0.15, 0.2) is 5.76 Å². The highest BCUT2D eigenvalue weighted by Gasteiger charge is 2.38. The molecule has 0 unspecified atom stereocenters. The second-order valence-corrected chi connectivity index (χ2v) is 15.9. The molecule has 2 aromatic rings. The molecular formula is C48H74N2O4. The third kappa shape index (κ3) is 13.5. The maximum absolute atomic E-state index is 13.9. The second-order valence-electron chi connectivity index (χ2n) is 15.9. The van der Waals surface area contributed by atoms with Gasteiger partial charge in [0.25, 0.3) is 0 Å². The van der Waals surface area contributed by atoms with Crippen molar-refractivity contribution in [3.05, 3.63) is 58.8 Å². The fourth-order valence-electron chi connectivity index (χ4n) is 7.95. The Hall–Kier alpha value is -3.28. The third-order valence-corrected chi connectivity index (χ3v) is 11.4. The largest absolute Gasteiger partial charge is 0.448 e. The maximum atomic E-state index is 13.9. The molecule has 2 aliphatic rings. The Kier molecular flexibility index (Phi) is 20.1. The molecule has 0 amide bonds. The minimum atomic E-state index is -0.422. The molecule has 0 saturated carbocycles. The van der Waals surface area contributed by atoms with Gasteiger partial charge in [-0.25, -0.2) is 4.79 Å². The number of hydrogen-bond donors (Lipinski definition) is 0. The number of ether oxygens (including phenoxy) is 2. The molecule has 0 bridgehead atoms. The zero-order valence-corrected chi connectivity index (χ0v) is 34.8. The Bertz CT molecular complexity index is 1420. The average molecular weight is 743 g/mol. The number of fused-ring (bicyclic) bond motifs is 2. The molecule has 0 saturated heterocycles. The molecule has 2 aliphatic heterocycles. The molecule has 0 aliphatic carbocycles. The van der Waals surface area contributed by atoms with Gasteiger partial charge in [0.05, 0.1) is 11.1 Å². The van der Waals surface area contributed by atoms with Crippen LogP contribution in [0, 0.1) is 0 Å². The fraction of sp³-hybridized carbons (Fsp3) is 0.667. The highest BCUT2D eigenvalue weighted by atomic mass is 16.6. The SMILES string of the molecule is CCCCCCCCN(CCCCCCCC)c1ccc2c(c1)OC(=C1OC(=O)c3ccc(N(CCCCCCCC)CCCCCCCC)cc31)C2=O. The minimum absolute atomic E-state index is 0.128. The summed E-state index contributed by atoms with van der Waals surface area (Å²) in [4.78, 5) is 32.0. The van der Waals surface area contributed by atoms with E-state index in [-0.39, 0.29) is 17.3 Å². The molecule has 6 heteroatoms. The summed E-state index contributed by atoms with van der Waals surface area (Å²) in [7, 11) is 0. The lowest BCUT2D eigenvalue weighted by molar-refractivity contribution is 0.0710. The van der Waals surface area contributed by atoms with Crippen molar-refractivity contribution in [3.8, 4) is 5.75 Å². The van der Waals surface area contributed by atoms with Crippen LogP contribution in [0.2, 0.25) is 0 Å². The van der Waals surface area contributed by atoms with Gasteiger partial charge in [-0.05, 0) is 56.0 Å². The van der Waals surface area contributed by atoms with Gasteiger partial charge in [-0.1, -0.05) is 156 Å². The summed E-state index contributed by atoms with van der Waals surface area (Å²) >= 11 is 0.